The summed E-state index contributed by atoms with van der Waals surface area (Å²) < 4.78 is 5.50. The van der Waals surface area contributed by atoms with Crippen molar-refractivity contribution in [3.63, 3.8) is 0 Å². The lowest BCUT2D eigenvalue weighted by atomic mass is 9.99. The maximum Gasteiger partial charge on any atom is 0.317 e. The van der Waals surface area contributed by atoms with Crippen LogP contribution in [0.4, 0.5) is 4.79 Å². The molecule has 2 amide bonds. The van der Waals surface area contributed by atoms with Crippen LogP contribution in [-0.4, -0.2) is 18.0 Å². The Bertz CT molecular complexity index is 884. The fourth-order valence-electron chi connectivity index (χ4n) is 3.05. The summed E-state index contributed by atoms with van der Waals surface area (Å²) in [6.45, 7) is 4.83. The van der Waals surface area contributed by atoms with Gasteiger partial charge in [-0.05, 0) is 36.6 Å². The van der Waals surface area contributed by atoms with Crippen LogP contribution in [0.3, 0.4) is 0 Å². The molecule has 0 radical (unpaired) electrons. The lowest BCUT2D eigenvalue weighted by Crippen LogP contribution is -2.36. The second-order valence-corrected chi connectivity index (χ2v) is 6.48. The van der Waals surface area contributed by atoms with Crippen LogP contribution >= 0.6 is 0 Å². The molecule has 0 aliphatic rings. The fourth-order valence-corrected chi connectivity index (χ4v) is 3.05. The van der Waals surface area contributed by atoms with Crippen LogP contribution in [0.1, 0.15) is 22.6 Å². The first-order valence-corrected chi connectivity index (χ1v) is 8.73. The van der Waals surface area contributed by atoms with Gasteiger partial charge in [-0.25, -0.2) is 4.79 Å². The van der Waals surface area contributed by atoms with Crippen molar-refractivity contribution in [3.8, 4) is 11.1 Å². The van der Waals surface area contributed by atoms with Gasteiger partial charge in [-0.3, -0.25) is 0 Å². The molecule has 0 fully saturated rings. The lowest BCUT2D eigenvalue weighted by Gasteiger charge is -2.20. The van der Waals surface area contributed by atoms with E-state index in [1.807, 2.05) is 57.3 Å². The summed E-state index contributed by atoms with van der Waals surface area (Å²) in [5, 5.41) is 2.96. The number of carbonyl (C=O) groups is 1. The highest BCUT2D eigenvalue weighted by Gasteiger charge is 2.13. The number of nitrogens with one attached hydrogen (secondary N) is 1. The Hall–Kier alpha value is -3.01. The first-order chi connectivity index (χ1) is 12.5. The normalized spacial score (nSPS) is 10.6. The number of nitrogens with zero attached hydrogens (tertiary/aromatic N) is 1. The van der Waals surface area contributed by atoms with E-state index in [0.717, 1.165) is 33.8 Å². The molecule has 3 rings (SSSR count). The minimum atomic E-state index is -0.105. The quantitative estimate of drug-likeness (QED) is 0.712. The number of amides is 2. The standard InChI is InChI=1S/C22H24N2O2/c1-16-13-20(17(2)26-16)14-23-22(25)24(3)15-19-11-7-8-12-21(19)18-9-5-4-6-10-18/h4-13H,14-15H2,1-3H3,(H,23,25). The van der Waals surface area contributed by atoms with Crippen molar-refractivity contribution in [2.45, 2.75) is 26.9 Å². The molecule has 0 spiro atoms. The van der Waals surface area contributed by atoms with Crippen LogP contribution in [0, 0.1) is 13.8 Å². The molecule has 2 aromatic carbocycles. The largest absolute Gasteiger partial charge is 0.466 e. The molecule has 1 heterocycles. The number of urea groups is 1. The zero-order valence-electron chi connectivity index (χ0n) is 15.5. The van der Waals surface area contributed by atoms with Crippen molar-refractivity contribution >= 4 is 6.03 Å². The molecule has 0 aliphatic carbocycles. The van der Waals surface area contributed by atoms with Crippen LogP contribution in [0.5, 0.6) is 0 Å². The van der Waals surface area contributed by atoms with Gasteiger partial charge in [0, 0.05) is 25.7 Å². The second kappa shape index (κ2) is 7.91. The summed E-state index contributed by atoms with van der Waals surface area (Å²) in [6, 6.07) is 20.3. The SMILES string of the molecule is Cc1cc(CNC(=O)N(C)Cc2ccccc2-c2ccccc2)c(C)o1. The molecule has 0 unspecified atom stereocenters. The zero-order valence-corrected chi connectivity index (χ0v) is 15.5. The summed E-state index contributed by atoms with van der Waals surface area (Å²) in [7, 11) is 1.81. The molecule has 4 heteroatoms. The summed E-state index contributed by atoms with van der Waals surface area (Å²) in [5.74, 6) is 1.71. The van der Waals surface area contributed by atoms with E-state index in [1.54, 1.807) is 4.90 Å². The van der Waals surface area contributed by atoms with Gasteiger partial charge in [0.2, 0.25) is 0 Å². The first kappa shape index (κ1) is 17.8. The third-order valence-electron chi connectivity index (χ3n) is 4.43. The van der Waals surface area contributed by atoms with Crippen molar-refractivity contribution in [1.29, 1.82) is 0 Å². The first-order valence-electron chi connectivity index (χ1n) is 8.73. The zero-order chi connectivity index (χ0) is 18.5. The van der Waals surface area contributed by atoms with E-state index in [4.69, 9.17) is 4.42 Å². The minimum absolute atomic E-state index is 0.105. The Kier molecular flexibility index (Phi) is 5.42. The van der Waals surface area contributed by atoms with Crippen LogP contribution in [-0.2, 0) is 13.1 Å². The number of furan rings is 1. The van der Waals surface area contributed by atoms with Gasteiger partial charge >= 0.3 is 6.03 Å². The van der Waals surface area contributed by atoms with E-state index in [2.05, 4.69) is 29.6 Å². The summed E-state index contributed by atoms with van der Waals surface area (Å²) in [5.41, 5.74) is 4.43. The number of rotatable bonds is 5. The predicted molar refractivity (Wildman–Crippen MR) is 104 cm³/mol. The van der Waals surface area contributed by atoms with Gasteiger partial charge in [-0.15, -0.1) is 0 Å². The Morgan fingerprint density at radius 2 is 1.69 bits per heavy atom. The van der Waals surface area contributed by atoms with Gasteiger partial charge in [0.15, 0.2) is 0 Å². The molecule has 1 aromatic heterocycles. The average molecular weight is 348 g/mol. The van der Waals surface area contributed by atoms with Crippen molar-refractivity contribution in [2.24, 2.45) is 0 Å². The number of hydrogen-bond acceptors (Lipinski definition) is 2. The van der Waals surface area contributed by atoms with Crippen molar-refractivity contribution < 1.29 is 9.21 Å². The average Bonchev–Trinajstić information content (AvgIpc) is 2.98. The third-order valence-corrected chi connectivity index (χ3v) is 4.43. The highest BCUT2D eigenvalue weighted by Crippen LogP contribution is 2.24. The van der Waals surface area contributed by atoms with Crippen LogP contribution in [0.25, 0.3) is 11.1 Å². The van der Waals surface area contributed by atoms with Crippen LogP contribution in [0.15, 0.2) is 65.1 Å². The molecular weight excluding hydrogens is 324 g/mol. The molecule has 3 aromatic rings. The smallest absolute Gasteiger partial charge is 0.317 e. The van der Waals surface area contributed by atoms with Gasteiger partial charge < -0.3 is 14.6 Å². The predicted octanol–water partition coefficient (Wildman–Crippen LogP) is 4.91. The Labute approximate surface area is 154 Å². The topological polar surface area (TPSA) is 45.5 Å². The highest BCUT2D eigenvalue weighted by atomic mass is 16.3. The van der Waals surface area contributed by atoms with Gasteiger partial charge in [0.1, 0.15) is 11.5 Å². The van der Waals surface area contributed by atoms with E-state index in [0.29, 0.717) is 13.1 Å². The molecular formula is C22H24N2O2. The van der Waals surface area contributed by atoms with Gasteiger partial charge in [0.25, 0.3) is 0 Å². The van der Waals surface area contributed by atoms with Crippen molar-refractivity contribution in [3.05, 3.63) is 83.3 Å². The minimum Gasteiger partial charge on any atom is -0.466 e. The van der Waals surface area contributed by atoms with E-state index >= 15 is 0 Å². The molecule has 0 saturated heterocycles. The maximum atomic E-state index is 12.5. The summed E-state index contributed by atoms with van der Waals surface area (Å²) in [4.78, 5) is 14.2. The second-order valence-electron chi connectivity index (χ2n) is 6.48. The molecule has 0 saturated carbocycles. The number of benzene rings is 2. The van der Waals surface area contributed by atoms with E-state index in [1.165, 1.54) is 0 Å². The van der Waals surface area contributed by atoms with Gasteiger partial charge in [0.05, 0.1) is 0 Å². The highest BCUT2D eigenvalue weighted by molar-refractivity contribution is 5.75. The molecule has 0 bridgehead atoms. The molecule has 0 aliphatic heterocycles. The Morgan fingerprint density at radius 1 is 1.00 bits per heavy atom. The van der Waals surface area contributed by atoms with Gasteiger partial charge in [-0.1, -0.05) is 54.6 Å². The maximum absolute atomic E-state index is 12.5. The molecule has 0 atom stereocenters. The fraction of sp³-hybridized carbons (Fsp3) is 0.227. The molecule has 1 N–H and O–H groups in total. The Morgan fingerprint density at radius 3 is 2.38 bits per heavy atom. The van der Waals surface area contributed by atoms with Crippen LogP contribution in [0.2, 0.25) is 0 Å². The summed E-state index contributed by atoms with van der Waals surface area (Å²) >= 11 is 0. The van der Waals surface area contributed by atoms with Crippen molar-refractivity contribution in [2.75, 3.05) is 7.05 Å². The van der Waals surface area contributed by atoms with Gasteiger partial charge in [-0.2, -0.15) is 0 Å². The van der Waals surface area contributed by atoms with E-state index < -0.39 is 0 Å². The number of hydrogen-bond donors (Lipinski definition) is 1. The van der Waals surface area contributed by atoms with Crippen LogP contribution < -0.4 is 5.32 Å². The molecule has 134 valence electrons. The van der Waals surface area contributed by atoms with E-state index in [-0.39, 0.29) is 6.03 Å². The number of carbonyl (C=O) groups excluding carboxylic acids is 1. The van der Waals surface area contributed by atoms with E-state index in [9.17, 15) is 4.79 Å². The monoisotopic (exact) mass is 348 g/mol. The summed E-state index contributed by atoms with van der Waals surface area (Å²) in [6.07, 6.45) is 0. The molecule has 26 heavy (non-hydrogen) atoms. The lowest BCUT2D eigenvalue weighted by molar-refractivity contribution is 0.206. The number of aryl methyl sites for hydroxylation is 2. The molecule has 4 nitrogen and oxygen atoms in total. The third kappa shape index (κ3) is 4.14. The Balaban J connectivity index is 1.67. The van der Waals surface area contributed by atoms with Crippen molar-refractivity contribution in [1.82, 2.24) is 10.2 Å².